The molecule has 176 valence electrons. The molecule has 0 unspecified atom stereocenters. The molecular weight excluding hydrogens is 461 g/mol. The van der Waals surface area contributed by atoms with Gasteiger partial charge in [-0.05, 0) is 59.8 Å². The molecule has 2 heterocycles. The first-order valence-electron chi connectivity index (χ1n) is 10.4. The van der Waals surface area contributed by atoms with Crippen LogP contribution in [0.5, 0.6) is 11.5 Å². The van der Waals surface area contributed by atoms with Crippen molar-refractivity contribution in [3.05, 3.63) is 76.5 Å². The van der Waals surface area contributed by atoms with Gasteiger partial charge in [0.15, 0.2) is 5.76 Å². The summed E-state index contributed by atoms with van der Waals surface area (Å²) < 4.78 is 31.5. The molecule has 4 rings (SSSR count). The molecule has 1 atom stereocenters. The van der Waals surface area contributed by atoms with E-state index in [0.717, 1.165) is 10.4 Å². The molecule has 0 saturated carbocycles. The Morgan fingerprint density at radius 1 is 1.21 bits per heavy atom. The van der Waals surface area contributed by atoms with Gasteiger partial charge in [-0.25, -0.2) is 4.39 Å². The number of rotatable bonds is 9. The van der Waals surface area contributed by atoms with Gasteiger partial charge in [0.05, 0.1) is 30.8 Å². The number of aliphatic carboxylic acids is 1. The molecule has 4 aromatic rings. The molecule has 0 aliphatic rings. The van der Waals surface area contributed by atoms with Crippen LogP contribution >= 0.6 is 11.3 Å². The molecule has 0 amide bonds. The maximum Gasteiger partial charge on any atom is 0.306 e. The zero-order valence-corrected chi connectivity index (χ0v) is 19.3. The van der Waals surface area contributed by atoms with Gasteiger partial charge in [-0.15, -0.1) is 11.3 Å². The zero-order valence-electron chi connectivity index (χ0n) is 18.4. The molecule has 7 nitrogen and oxygen atoms in total. The van der Waals surface area contributed by atoms with Crippen molar-refractivity contribution >= 4 is 17.3 Å². The van der Waals surface area contributed by atoms with Crippen LogP contribution in [0.4, 0.5) is 4.39 Å². The number of aromatic nitrogens is 1. The second-order valence-corrected chi connectivity index (χ2v) is 8.50. The van der Waals surface area contributed by atoms with E-state index in [1.807, 2.05) is 18.4 Å². The number of halogens is 1. The second kappa shape index (κ2) is 10.1. The molecule has 2 N–H and O–H groups in total. The van der Waals surface area contributed by atoms with Crippen molar-refractivity contribution < 1.29 is 33.4 Å². The van der Waals surface area contributed by atoms with Gasteiger partial charge < -0.3 is 24.2 Å². The highest BCUT2D eigenvalue weighted by Gasteiger charge is 2.25. The number of benzene rings is 2. The van der Waals surface area contributed by atoms with Crippen LogP contribution in [-0.2, 0) is 11.4 Å². The summed E-state index contributed by atoms with van der Waals surface area (Å²) in [6.07, 6.45) is -1.57. The topological polar surface area (TPSA) is 102 Å². The number of hydrogen-bond donors (Lipinski definition) is 2. The predicted octanol–water partition coefficient (Wildman–Crippen LogP) is 5.61. The Labute approximate surface area is 199 Å². The Hall–Kier alpha value is -3.69. The fraction of sp³-hybridized carbons (Fsp3) is 0.200. The van der Waals surface area contributed by atoms with Crippen LogP contribution in [0.15, 0.2) is 58.4 Å². The largest absolute Gasteiger partial charge is 0.497 e. The normalized spacial score (nSPS) is 11.9. The van der Waals surface area contributed by atoms with E-state index in [1.54, 1.807) is 30.3 Å². The molecule has 0 saturated heterocycles. The first-order chi connectivity index (χ1) is 16.4. The summed E-state index contributed by atoms with van der Waals surface area (Å²) in [7, 11) is 1.50. The standard InChI is InChI=1S/C25H22FNO6S/c1-14-8-9-34-25(14)23-20(27-33-24(23)18-11-16(31-2)6-7-19(18)26)13-32-17-5-3-4-15(10-17)21(28)12-22(29)30/h3-11,21,28H,12-13H2,1-2H3,(H,29,30)/t21-/m1/s1. The maximum absolute atomic E-state index is 14.7. The fourth-order valence-electron chi connectivity index (χ4n) is 3.52. The number of aliphatic hydroxyl groups is 1. The van der Waals surface area contributed by atoms with Crippen LogP contribution in [0.2, 0.25) is 0 Å². The van der Waals surface area contributed by atoms with Gasteiger partial charge in [0.2, 0.25) is 0 Å². The quantitative estimate of drug-likeness (QED) is 0.319. The van der Waals surface area contributed by atoms with Crippen molar-refractivity contribution in [2.24, 2.45) is 0 Å². The van der Waals surface area contributed by atoms with Crippen LogP contribution < -0.4 is 9.47 Å². The van der Waals surface area contributed by atoms with Gasteiger partial charge >= 0.3 is 5.97 Å². The molecule has 2 aromatic carbocycles. The van der Waals surface area contributed by atoms with Crippen molar-refractivity contribution in [1.29, 1.82) is 0 Å². The van der Waals surface area contributed by atoms with E-state index in [2.05, 4.69) is 5.16 Å². The number of carbonyl (C=O) groups is 1. The van der Waals surface area contributed by atoms with E-state index in [-0.39, 0.29) is 17.9 Å². The number of thiophene rings is 1. The number of ether oxygens (including phenoxy) is 2. The van der Waals surface area contributed by atoms with Crippen molar-refractivity contribution in [2.45, 2.75) is 26.1 Å². The SMILES string of the molecule is COc1ccc(F)c(-c2onc(COc3cccc([C@H](O)CC(=O)O)c3)c2-c2sccc2C)c1. The third-order valence-electron chi connectivity index (χ3n) is 5.26. The molecule has 0 spiro atoms. The molecule has 0 aliphatic heterocycles. The molecule has 2 aromatic heterocycles. The Balaban J connectivity index is 1.68. The van der Waals surface area contributed by atoms with Gasteiger partial charge in [-0.1, -0.05) is 17.3 Å². The molecule has 0 aliphatic carbocycles. The molecular formula is C25H22FNO6S. The Morgan fingerprint density at radius 3 is 2.74 bits per heavy atom. The van der Waals surface area contributed by atoms with Crippen LogP contribution in [-0.4, -0.2) is 28.4 Å². The van der Waals surface area contributed by atoms with Crippen molar-refractivity contribution in [3.63, 3.8) is 0 Å². The predicted molar refractivity (Wildman–Crippen MR) is 124 cm³/mol. The van der Waals surface area contributed by atoms with E-state index in [1.165, 1.54) is 30.6 Å². The highest BCUT2D eigenvalue weighted by Crippen LogP contribution is 2.41. The third-order valence-corrected chi connectivity index (χ3v) is 6.29. The van der Waals surface area contributed by atoms with Gasteiger partial charge in [-0.2, -0.15) is 0 Å². The van der Waals surface area contributed by atoms with Crippen molar-refractivity contribution in [3.8, 4) is 33.3 Å². The number of carboxylic acid groups (broad SMARTS) is 1. The summed E-state index contributed by atoms with van der Waals surface area (Å²) >= 11 is 1.48. The number of hydrogen-bond acceptors (Lipinski definition) is 7. The first-order valence-corrected chi connectivity index (χ1v) is 11.2. The summed E-state index contributed by atoms with van der Waals surface area (Å²) in [4.78, 5) is 11.8. The van der Waals surface area contributed by atoms with Crippen LogP contribution in [0.1, 0.15) is 29.3 Å². The average Bonchev–Trinajstić information content (AvgIpc) is 3.43. The Morgan fingerprint density at radius 2 is 2.03 bits per heavy atom. The van der Waals surface area contributed by atoms with E-state index in [0.29, 0.717) is 28.3 Å². The fourth-order valence-corrected chi connectivity index (χ4v) is 4.51. The highest BCUT2D eigenvalue weighted by atomic mass is 32.1. The van der Waals surface area contributed by atoms with E-state index in [4.69, 9.17) is 19.1 Å². The van der Waals surface area contributed by atoms with E-state index >= 15 is 0 Å². The number of aliphatic hydroxyl groups excluding tert-OH is 1. The number of nitrogens with zero attached hydrogens (tertiary/aromatic N) is 1. The Kier molecular flexibility index (Phi) is 6.95. The van der Waals surface area contributed by atoms with Gasteiger partial charge in [0, 0.05) is 4.88 Å². The smallest absolute Gasteiger partial charge is 0.306 e. The molecule has 0 bridgehead atoms. The first kappa shape index (κ1) is 23.5. The van der Waals surface area contributed by atoms with Crippen molar-refractivity contribution in [2.75, 3.05) is 7.11 Å². The molecule has 0 fully saturated rings. The number of aryl methyl sites for hydroxylation is 1. The lowest BCUT2D eigenvalue weighted by Crippen LogP contribution is -2.05. The minimum atomic E-state index is -1.15. The average molecular weight is 484 g/mol. The molecule has 34 heavy (non-hydrogen) atoms. The lowest BCUT2D eigenvalue weighted by atomic mass is 10.0. The minimum absolute atomic E-state index is 0.0141. The number of carboxylic acids is 1. The van der Waals surface area contributed by atoms with Crippen molar-refractivity contribution in [1.82, 2.24) is 5.16 Å². The summed E-state index contributed by atoms with van der Waals surface area (Å²) in [6, 6.07) is 12.9. The highest BCUT2D eigenvalue weighted by molar-refractivity contribution is 7.13. The minimum Gasteiger partial charge on any atom is -0.497 e. The number of methoxy groups -OCH3 is 1. The maximum atomic E-state index is 14.7. The van der Waals surface area contributed by atoms with Crippen LogP contribution in [0.25, 0.3) is 21.8 Å². The Bertz CT molecular complexity index is 1310. The lowest BCUT2D eigenvalue weighted by molar-refractivity contribution is -0.139. The lowest BCUT2D eigenvalue weighted by Gasteiger charge is -2.11. The van der Waals surface area contributed by atoms with Gasteiger partial charge in [0.1, 0.15) is 29.6 Å². The summed E-state index contributed by atoms with van der Waals surface area (Å²) in [6.45, 7) is 1.96. The second-order valence-electron chi connectivity index (χ2n) is 7.59. The summed E-state index contributed by atoms with van der Waals surface area (Å²) in [5, 5.41) is 25.1. The molecule has 9 heteroatoms. The zero-order chi connectivity index (χ0) is 24.2. The van der Waals surface area contributed by atoms with Gasteiger partial charge in [0.25, 0.3) is 0 Å². The van der Waals surface area contributed by atoms with E-state index < -0.39 is 24.3 Å². The third kappa shape index (κ3) is 4.95. The monoisotopic (exact) mass is 483 g/mol. The molecule has 0 radical (unpaired) electrons. The van der Waals surface area contributed by atoms with Crippen LogP contribution in [0, 0.1) is 12.7 Å². The summed E-state index contributed by atoms with van der Waals surface area (Å²) in [5.74, 6) is -0.398. The van der Waals surface area contributed by atoms with Gasteiger partial charge in [-0.3, -0.25) is 4.79 Å². The summed E-state index contributed by atoms with van der Waals surface area (Å²) in [5.41, 5.74) is 2.73. The van der Waals surface area contributed by atoms with E-state index in [9.17, 15) is 14.3 Å². The van der Waals surface area contributed by atoms with Crippen LogP contribution in [0.3, 0.4) is 0 Å².